The second-order valence-electron chi connectivity index (χ2n) is 12.7. The summed E-state index contributed by atoms with van der Waals surface area (Å²) in [6.07, 6.45) is 0. The smallest absolute Gasteiger partial charge is 0.227 e. The number of furan rings is 2. The molecule has 3 aromatic heterocycles. The molecule has 0 unspecified atom stereocenters. The van der Waals surface area contributed by atoms with Gasteiger partial charge in [0.05, 0.1) is 5.69 Å². The first-order valence-corrected chi connectivity index (χ1v) is 16.7. The van der Waals surface area contributed by atoms with Gasteiger partial charge >= 0.3 is 0 Å². The van der Waals surface area contributed by atoms with Crippen LogP contribution in [-0.4, -0.2) is 4.98 Å². The number of hydrogen-bond donors (Lipinski definition) is 0. The summed E-state index contributed by atoms with van der Waals surface area (Å²) in [5.41, 5.74) is 9.04. The predicted molar refractivity (Wildman–Crippen MR) is 204 cm³/mol. The van der Waals surface area contributed by atoms with E-state index < -0.39 is 0 Å². The number of anilines is 3. The van der Waals surface area contributed by atoms with Gasteiger partial charge in [-0.2, -0.15) is 0 Å². The third kappa shape index (κ3) is 3.98. The SMILES string of the molecule is c1ccc(-c2nc3ccc4ccc5c(N(c6ccc7c(c6)oc6ccccc67)c6ccc7oc8ccccc8c7c6)cccc5c4c3o2)cc1. The highest BCUT2D eigenvalue weighted by Crippen LogP contribution is 2.45. The van der Waals surface area contributed by atoms with Crippen LogP contribution in [0, 0.1) is 0 Å². The molecule has 11 aromatic rings. The lowest BCUT2D eigenvalue weighted by Crippen LogP contribution is -2.10. The number of fused-ring (bicyclic) bond motifs is 11. The van der Waals surface area contributed by atoms with Crippen molar-refractivity contribution in [3.8, 4) is 11.5 Å². The zero-order valence-electron chi connectivity index (χ0n) is 26.6. The van der Waals surface area contributed by atoms with Gasteiger partial charge in [0.25, 0.3) is 0 Å². The van der Waals surface area contributed by atoms with Crippen molar-refractivity contribution < 1.29 is 13.3 Å². The molecule has 0 saturated heterocycles. The Morgan fingerprint density at radius 3 is 1.92 bits per heavy atom. The average molecular weight is 643 g/mol. The van der Waals surface area contributed by atoms with Crippen molar-refractivity contribution in [2.24, 2.45) is 0 Å². The quantitative estimate of drug-likeness (QED) is 0.179. The average Bonchev–Trinajstić information content (AvgIpc) is 3.88. The van der Waals surface area contributed by atoms with E-state index in [0.29, 0.717) is 5.89 Å². The van der Waals surface area contributed by atoms with Gasteiger partial charge in [-0.3, -0.25) is 0 Å². The van der Waals surface area contributed by atoms with Crippen LogP contribution in [0.25, 0.3) is 88.0 Å². The van der Waals surface area contributed by atoms with Crippen molar-refractivity contribution in [2.45, 2.75) is 0 Å². The number of para-hydroxylation sites is 2. The summed E-state index contributed by atoms with van der Waals surface area (Å²) in [6, 6.07) is 54.5. The molecule has 3 heterocycles. The lowest BCUT2D eigenvalue weighted by molar-refractivity contribution is 0.623. The highest BCUT2D eigenvalue weighted by atomic mass is 16.3. The predicted octanol–water partition coefficient (Wildman–Crippen LogP) is 13.1. The summed E-state index contributed by atoms with van der Waals surface area (Å²) >= 11 is 0. The molecule has 0 radical (unpaired) electrons. The molecule has 5 nitrogen and oxygen atoms in total. The Labute approximate surface area is 285 Å². The van der Waals surface area contributed by atoms with Crippen LogP contribution >= 0.6 is 0 Å². The van der Waals surface area contributed by atoms with Crippen molar-refractivity contribution in [3.05, 3.63) is 158 Å². The molecule has 50 heavy (non-hydrogen) atoms. The van der Waals surface area contributed by atoms with E-state index in [1.165, 1.54) is 0 Å². The summed E-state index contributed by atoms with van der Waals surface area (Å²) in [5.74, 6) is 0.614. The molecular weight excluding hydrogens is 617 g/mol. The van der Waals surface area contributed by atoms with Crippen LogP contribution < -0.4 is 4.90 Å². The number of oxazole rings is 1. The maximum Gasteiger partial charge on any atom is 0.227 e. The number of nitrogens with zero attached hydrogens (tertiary/aromatic N) is 2. The molecule has 0 aliphatic heterocycles. The number of benzene rings is 8. The Hall–Kier alpha value is -6.85. The number of aromatic nitrogens is 1. The summed E-state index contributed by atoms with van der Waals surface area (Å²) in [4.78, 5) is 7.21. The molecule has 0 amide bonds. The van der Waals surface area contributed by atoms with Crippen LogP contribution in [0.5, 0.6) is 0 Å². The van der Waals surface area contributed by atoms with Crippen LogP contribution in [0.15, 0.2) is 171 Å². The topological polar surface area (TPSA) is 55.6 Å². The largest absolute Gasteiger partial charge is 0.456 e. The minimum absolute atomic E-state index is 0.614. The van der Waals surface area contributed by atoms with Crippen molar-refractivity contribution in [3.63, 3.8) is 0 Å². The Morgan fingerprint density at radius 1 is 0.420 bits per heavy atom. The molecule has 0 bridgehead atoms. The monoisotopic (exact) mass is 642 g/mol. The normalized spacial score (nSPS) is 12.0. The molecule has 0 spiro atoms. The second kappa shape index (κ2) is 10.3. The van der Waals surface area contributed by atoms with E-state index in [1.807, 2.05) is 60.7 Å². The first kappa shape index (κ1) is 27.1. The molecule has 0 fully saturated rings. The molecule has 0 aliphatic carbocycles. The van der Waals surface area contributed by atoms with Gasteiger partial charge in [0.2, 0.25) is 5.89 Å². The summed E-state index contributed by atoms with van der Waals surface area (Å²) < 4.78 is 19.2. The Kier molecular flexibility index (Phi) is 5.60. The minimum atomic E-state index is 0.614. The highest BCUT2D eigenvalue weighted by Gasteiger charge is 2.21. The molecule has 8 aromatic carbocycles. The fourth-order valence-corrected chi connectivity index (χ4v) is 7.58. The first-order chi connectivity index (χ1) is 24.8. The van der Waals surface area contributed by atoms with E-state index in [4.69, 9.17) is 18.2 Å². The molecular formula is C45H26N2O3. The van der Waals surface area contributed by atoms with Crippen molar-refractivity contribution in [1.29, 1.82) is 0 Å². The third-order valence-corrected chi connectivity index (χ3v) is 9.87. The standard InChI is InChI=1S/C45H26N2O3/c1-2-9-28(10-3-1)45-46-37-23-18-27-17-21-31-35(43(27)44(37)50-45)13-8-14-38(31)47(29-20-24-41-36(25-29)33-12-5-7-16-40(33)48-41)30-19-22-34-32-11-4-6-15-39(32)49-42(34)26-30/h1-26H. The van der Waals surface area contributed by atoms with Gasteiger partial charge in [0.1, 0.15) is 27.8 Å². The number of hydrogen-bond acceptors (Lipinski definition) is 5. The first-order valence-electron chi connectivity index (χ1n) is 16.7. The van der Waals surface area contributed by atoms with Gasteiger partial charge in [-0.05, 0) is 77.5 Å². The molecule has 0 aliphatic rings. The summed E-state index contributed by atoms with van der Waals surface area (Å²) in [5, 5.41) is 8.66. The lowest BCUT2D eigenvalue weighted by Gasteiger charge is -2.27. The molecule has 0 N–H and O–H groups in total. The fourth-order valence-electron chi connectivity index (χ4n) is 7.58. The Morgan fingerprint density at radius 2 is 1.06 bits per heavy atom. The fraction of sp³-hybridized carbons (Fsp3) is 0. The maximum absolute atomic E-state index is 6.55. The summed E-state index contributed by atoms with van der Waals surface area (Å²) in [7, 11) is 0. The van der Waals surface area contributed by atoms with E-state index in [0.717, 1.165) is 99.1 Å². The van der Waals surface area contributed by atoms with Gasteiger partial charge in [0.15, 0.2) is 5.58 Å². The maximum atomic E-state index is 6.55. The van der Waals surface area contributed by atoms with Gasteiger partial charge in [-0.25, -0.2) is 4.98 Å². The summed E-state index contributed by atoms with van der Waals surface area (Å²) in [6.45, 7) is 0. The Balaban J connectivity index is 1.18. The second-order valence-corrected chi connectivity index (χ2v) is 12.7. The zero-order chi connectivity index (χ0) is 32.8. The molecule has 0 saturated carbocycles. The van der Waals surface area contributed by atoms with Crippen molar-refractivity contribution >= 4 is 93.6 Å². The van der Waals surface area contributed by atoms with Crippen LogP contribution in [0.1, 0.15) is 0 Å². The van der Waals surface area contributed by atoms with Gasteiger partial charge < -0.3 is 18.2 Å². The lowest BCUT2D eigenvalue weighted by atomic mass is 9.99. The minimum Gasteiger partial charge on any atom is -0.456 e. The van der Waals surface area contributed by atoms with Crippen LogP contribution in [0.2, 0.25) is 0 Å². The van der Waals surface area contributed by atoms with Crippen molar-refractivity contribution in [1.82, 2.24) is 4.98 Å². The molecule has 0 atom stereocenters. The molecule has 11 rings (SSSR count). The van der Waals surface area contributed by atoms with Crippen LogP contribution in [0.4, 0.5) is 17.1 Å². The molecule has 234 valence electrons. The van der Waals surface area contributed by atoms with Crippen LogP contribution in [0.3, 0.4) is 0 Å². The van der Waals surface area contributed by atoms with E-state index in [9.17, 15) is 0 Å². The third-order valence-electron chi connectivity index (χ3n) is 9.87. The Bertz CT molecular complexity index is 3110. The number of rotatable bonds is 4. The van der Waals surface area contributed by atoms with Gasteiger partial charge in [-0.15, -0.1) is 0 Å². The van der Waals surface area contributed by atoms with E-state index in [2.05, 4.69) is 102 Å². The van der Waals surface area contributed by atoms with E-state index in [1.54, 1.807) is 0 Å². The molecule has 5 heteroatoms. The highest BCUT2D eigenvalue weighted by molar-refractivity contribution is 6.21. The van der Waals surface area contributed by atoms with Gasteiger partial charge in [0, 0.05) is 55.3 Å². The van der Waals surface area contributed by atoms with Crippen molar-refractivity contribution in [2.75, 3.05) is 4.90 Å². The zero-order valence-corrected chi connectivity index (χ0v) is 26.6. The van der Waals surface area contributed by atoms with Gasteiger partial charge in [-0.1, -0.05) is 84.9 Å². The van der Waals surface area contributed by atoms with Crippen LogP contribution in [-0.2, 0) is 0 Å². The van der Waals surface area contributed by atoms with E-state index in [-0.39, 0.29) is 0 Å². The van der Waals surface area contributed by atoms with E-state index >= 15 is 0 Å².